The first-order valence-electron chi connectivity index (χ1n) is 25.2. The van der Waals surface area contributed by atoms with E-state index in [2.05, 4.69) is 32.9 Å². The Hall–Kier alpha value is -7.90. The number of sulfonamides is 4. The van der Waals surface area contributed by atoms with E-state index in [0.717, 1.165) is 40.0 Å². The molecule has 0 saturated heterocycles. The third kappa shape index (κ3) is 42.8. The number of aliphatic carboxylic acids is 2. The van der Waals surface area contributed by atoms with Crippen LogP contribution in [0.25, 0.3) is 0 Å². The van der Waals surface area contributed by atoms with Crippen LogP contribution in [0.2, 0.25) is 0 Å². The summed E-state index contributed by atoms with van der Waals surface area (Å²) < 4.78 is 103. The SMILES string of the molecule is CCOP.CCO[N+](=O)[O-].Cc1ccc(S(=O)(=O)NC(=O)CCO[N+](=O)[O-])cc1.Cc1ccc(S(=O)(=O)NC(=O)Cc2ccccc2)cc1.Cc1ccc(S(N)(=O)=O)cc1.Cc1ccc(S(N)(=O)=O)cc1.O=C(O)CCOP.O=C(O)Cc1ccccc1. The molecule has 2 atom stereocenters. The molecule has 2 unspecified atom stereocenters. The average Bonchev–Trinajstić information content (AvgIpc) is 2.56. The molecule has 0 saturated carbocycles. The van der Waals surface area contributed by atoms with Crippen LogP contribution in [0.1, 0.15) is 60.1 Å². The van der Waals surface area contributed by atoms with E-state index in [4.69, 9.17) is 20.5 Å². The number of carboxylic acids is 2. The van der Waals surface area contributed by atoms with Crippen LogP contribution in [-0.4, -0.2) is 104 Å². The lowest BCUT2D eigenvalue weighted by atomic mass is 10.1. The van der Waals surface area contributed by atoms with E-state index in [-0.39, 0.29) is 52.1 Å². The Morgan fingerprint density at radius 3 is 1.02 bits per heavy atom. The van der Waals surface area contributed by atoms with Gasteiger partial charge in [-0.1, -0.05) is 131 Å². The van der Waals surface area contributed by atoms with Gasteiger partial charge in [-0.25, -0.2) is 53.4 Å². The highest BCUT2D eigenvalue weighted by Gasteiger charge is 2.19. The Kier molecular flexibility index (Phi) is 41.6. The van der Waals surface area contributed by atoms with Crippen LogP contribution in [0.15, 0.2) is 177 Å². The monoisotopic (exact) mass is 1350 g/mol. The van der Waals surface area contributed by atoms with Crippen LogP contribution in [0, 0.1) is 47.9 Å². The van der Waals surface area contributed by atoms with Crippen LogP contribution in [-0.2, 0) is 90.8 Å². The number of carbonyl (C=O) groups excluding carboxylic acids is 2. The van der Waals surface area contributed by atoms with E-state index in [0.29, 0.717) is 0 Å². The predicted octanol–water partition coefficient (Wildman–Crippen LogP) is 6.33. The molecule has 8 N–H and O–H groups in total. The summed E-state index contributed by atoms with van der Waals surface area (Å²) in [6, 6.07) is 43.2. The van der Waals surface area contributed by atoms with Crippen molar-refractivity contribution in [2.45, 2.75) is 86.8 Å². The van der Waals surface area contributed by atoms with E-state index in [1.54, 1.807) is 103 Å². The number of benzene rings is 6. The maximum atomic E-state index is 12.0. The molecule has 0 radical (unpaired) electrons. The van der Waals surface area contributed by atoms with Crippen LogP contribution < -0.4 is 19.7 Å². The Morgan fingerprint density at radius 2 is 0.773 bits per heavy atom. The topological polar surface area (TPSA) is 445 Å². The molecule has 0 fully saturated rings. The molecule has 2 amide bonds. The second-order valence-corrected chi connectivity index (χ2v) is 24.2. The van der Waals surface area contributed by atoms with Crippen LogP contribution in [0.4, 0.5) is 0 Å². The molecule has 484 valence electrons. The number of amides is 2. The summed E-state index contributed by atoms with van der Waals surface area (Å²) in [5, 5.41) is 43.2. The second kappa shape index (κ2) is 44.5. The van der Waals surface area contributed by atoms with Crippen LogP contribution in [0.3, 0.4) is 0 Å². The molecule has 6 rings (SSSR count). The lowest BCUT2D eigenvalue weighted by Gasteiger charge is -2.07. The Morgan fingerprint density at radius 1 is 0.455 bits per heavy atom. The predicted molar refractivity (Wildman–Crippen MR) is 331 cm³/mol. The van der Waals surface area contributed by atoms with Gasteiger partial charge in [0.1, 0.15) is 6.61 Å². The molecule has 34 heteroatoms. The first-order chi connectivity index (χ1) is 41.0. The van der Waals surface area contributed by atoms with Gasteiger partial charge in [-0.15, -0.1) is 20.2 Å². The summed E-state index contributed by atoms with van der Waals surface area (Å²) in [6.07, 6.45) is -0.206. The van der Waals surface area contributed by atoms with Gasteiger partial charge in [0.15, 0.2) is 0 Å². The molecule has 0 aromatic heterocycles. The number of nitrogens with one attached hydrogen (secondary N) is 2. The van der Waals surface area contributed by atoms with Crippen molar-refractivity contribution in [2.75, 3.05) is 26.4 Å². The van der Waals surface area contributed by atoms with Gasteiger partial charge < -0.3 is 28.9 Å². The molecular formula is C54H72N6O22P2S4. The van der Waals surface area contributed by atoms with E-state index in [9.17, 15) is 73.1 Å². The fourth-order valence-corrected chi connectivity index (χ4v) is 8.56. The van der Waals surface area contributed by atoms with Gasteiger partial charge in [-0.2, -0.15) is 0 Å². The minimum atomic E-state index is -3.95. The van der Waals surface area contributed by atoms with Crippen LogP contribution in [0.5, 0.6) is 0 Å². The third-order valence-corrected chi connectivity index (χ3v) is 14.8. The van der Waals surface area contributed by atoms with E-state index in [1.165, 1.54) is 48.5 Å². The van der Waals surface area contributed by atoms with Crippen LogP contribution >= 0.6 is 18.9 Å². The van der Waals surface area contributed by atoms with Gasteiger partial charge in [0, 0.05) is 25.5 Å². The molecule has 0 aliphatic carbocycles. The minimum absolute atomic E-state index is 0.0337. The minimum Gasteiger partial charge on any atom is -0.481 e. The number of aryl methyl sites for hydroxylation is 4. The molecule has 88 heavy (non-hydrogen) atoms. The van der Waals surface area contributed by atoms with Crippen molar-refractivity contribution in [2.24, 2.45) is 10.3 Å². The molecule has 0 bridgehead atoms. The van der Waals surface area contributed by atoms with Crippen molar-refractivity contribution in [1.29, 1.82) is 0 Å². The van der Waals surface area contributed by atoms with Crippen molar-refractivity contribution in [1.82, 2.24) is 9.44 Å². The number of nitrogens with zero attached hydrogens (tertiary/aromatic N) is 2. The Bertz CT molecular complexity index is 3430. The Balaban J connectivity index is 0. The zero-order valence-electron chi connectivity index (χ0n) is 48.6. The molecule has 28 nitrogen and oxygen atoms in total. The van der Waals surface area contributed by atoms with Gasteiger partial charge in [-0.05, 0) is 101 Å². The highest BCUT2D eigenvalue weighted by Crippen LogP contribution is 2.13. The fourth-order valence-electron chi connectivity index (χ4n) is 5.41. The number of carboxylic acid groups (broad SMARTS) is 2. The highest BCUT2D eigenvalue weighted by molar-refractivity contribution is 7.90. The molecule has 6 aromatic rings. The number of hydrogen-bond acceptors (Lipinski definition) is 20. The smallest absolute Gasteiger partial charge is 0.307 e. The zero-order valence-corrected chi connectivity index (χ0v) is 54.1. The summed E-state index contributed by atoms with van der Waals surface area (Å²) in [7, 11) is -10.7. The molecule has 0 aliphatic rings. The lowest BCUT2D eigenvalue weighted by molar-refractivity contribution is -0.757. The quantitative estimate of drug-likeness (QED) is 0.0276. The number of carbonyl (C=O) groups is 4. The normalized spacial score (nSPS) is 10.3. The highest BCUT2D eigenvalue weighted by atomic mass is 32.2. The standard InChI is InChI=1S/C15H15NO3S.C10H12N2O6S.C8H8O2.2C7H9NO2S.C3H7O3P.C2H5NO3.C2H7OP/c1-12-7-9-14(10-8-12)20(18,19)16-15(17)11-13-5-3-2-4-6-13;1-8-2-4-9(5-3-8)19(16,17)11-10(13)6-7-18-12(14)15;9-8(10)6-7-4-2-1-3-5-7;2*1-6-2-4-7(5-3-6)11(8,9)10;4-3(5)1-2-6-7;1-2-6-3(4)5;1-2-3-4/h2-10H,11H2,1H3,(H,16,17);2-5H,6-7H2,1H3,(H,11,13);1-5H,6H2,(H,9,10);2*2-5H,1H3,(H2,8,9,10);1-2,7H2,(H,4,5);2H2,1H3;2,4H2,1H3. The van der Waals surface area contributed by atoms with Gasteiger partial charge >= 0.3 is 11.9 Å². The van der Waals surface area contributed by atoms with E-state index < -0.39 is 87.0 Å². The maximum absolute atomic E-state index is 12.0. The first-order valence-corrected chi connectivity index (χ1v) is 32.2. The summed E-state index contributed by atoms with van der Waals surface area (Å²) in [4.78, 5) is 70.0. The third-order valence-electron chi connectivity index (χ3n) is 9.62. The first kappa shape index (κ1) is 82.2. The summed E-state index contributed by atoms with van der Waals surface area (Å²) in [5.41, 5.74) is 5.47. The van der Waals surface area contributed by atoms with E-state index in [1.807, 2.05) is 61.4 Å². The molecule has 0 aliphatic heterocycles. The summed E-state index contributed by atoms with van der Waals surface area (Å²) in [5.74, 6) is -3.03. The van der Waals surface area contributed by atoms with Gasteiger partial charge in [0.05, 0.1) is 58.5 Å². The second-order valence-electron chi connectivity index (χ2n) is 17.0. The van der Waals surface area contributed by atoms with Gasteiger partial charge in [-0.3, -0.25) is 19.2 Å². The maximum Gasteiger partial charge on any atom is 0.307 e. The van der Waals surface area contributed by atoms with Crippen molar-refractivity contribution in [3.63, 3.8) is 0 Å². The summed E-state index contributed by atoms with van der Waals surface area (Å²) >= 11 is 0. The molecule has 0 spiro atoms. The largest absolute Gasteiger partial charge is 0.481 e. The van der Waals surface area contributed by atoms with Gasteiger partial charge in [0.2, 0.25) is 31.9 Å². The number of nitrogens with two attached hydrogens (primary N) is 2. The fraction of sp³-hybridized carbons (Fsp3) is 0.259. The lowest BCUT2D eigenvalue weighted by Crippen LogP contribution is -2.31. The van der Waals surface area contributed by atoms with Crippen molar-refractivity contribution >= 4 is 82.8 Å². The molecule has 6 aromatic carbocycles. The number of rotatable bonds is 20. The summed E-state index contributed by atoms with van der Waals surface area (Å²) in [6.45, 7) is 11.6. The van der Waals surface area contributed by atoms with Gasteiger partial charge in [0.25, 0.3) is 30.2 Å². The van der Waals surface area contributed by atoms with E-state index >= 15 is 0 Å². The number of hydrogen-bond donors (Lipinski definition) is 6. The molecule has 0 heterocycles. The Labute approximate surface area is 516 Å². The van der Waals surface area contributed by atoms with Crippen molar-refractivity contribution in [3.05, 3.63) is 211 Å². The van der Waals surface area contributed by atoms with Crippen molar-refractivity contribution in [3.8, 4) is 0 Å². The van der Waals surface area contributed by atoms with Crippen molar-refractivity contribution < 1.29 is 92.0 Å². The average molecular weight is 1350 g/mol. The molecular weight excluding hydrogens is 1270 g/mol. The zero-order chi connectivity index (χ0) is 67.5. The number of primary sulfonamides is 2.